The van der Waals surface area contributed by atoms with Gasteiger partial charge in [-0.25, -0.2) is 4.98 Å². The molecule has 1 amide bonds. The SMILES string of the molecule is CCCC(C(=O)NCCc1coc(-c2ccc(C)cc2)n1)c1ccccc1. The minimum absolute atomic E-state index is 0.0744. The predicted octanol–water partition coefficient (Wildman–Crippen LogP) is 4.89. The van der Waals surface area contributed by atoms with Crippen LogP contribution < -0.4 is 5.32 Å². The molecule has 0 bridgehead atoms. The molecule has 3 aromatic rings. The van der Waals surface area contributed by atoms with E-state index in [1.165, 1.54) is 5.56 Å². The average Bonchev–Trinajstić information content (AvgIpc) is 3.16. The zero-order valence-electron chi connectivity index (χ0n) is 15.9. The summed E-state index contributed by atoms with van der Waals surface area (Å²) < 4.78 is 5.58. The Balaban J connectivity index is 1.56. The first-order chi connectivity index (χ1) is 13.2. The number of hydrogen-bond acceptors (Lipinski definition) is 3. The standard InChI is InChI=1S/C23H26N2O2/c1-3-7-21(18-8-5-4-6-9-18)22(26)24-15-14-20-16-27-23(25-20)19-12-10-17(2)11-13-19/h4-6,8-13,16,21H,3,7,14-15H2,1-2H3,(H,24,26). The minimum Gasteiger partial charge on any atom is -0.444 e. The van der Waals surface area contributed by atoms with Crippen LogP contribution in [-0.2, 0) is 11.2 Å². The van der Waals surface area contributed by atoms with E-state index < -0.39 is 0 Å². The number of rotatable bonds is 8. The molecule has 1 atom stereocenters. The molecule has 1 heterocycles. The van der Waals surface area contributed by atoms with Crippen LogP contribution in [0.2, 0.25) is 0 Å². The first kappa shape index (κ1) is 18.9. The Labute approximate surface area is 160 Å². The highest BCUT2D eigenvalue weighted by molar-refractivity contribution is 5.83. The monoisotopic (exact) mass is 362 g/mol. The van der Waals surface area contributed by atoms with Crippen molar-refractivity contribution in [1.29, 1.82) is 0 Å². The van der Waals surface area contributed by atoms with E-state index in [9.17, 15) is 4.79 Å². The number of hydrogen-bond donors (Lipinski definition) is 1. The molecule has 0 radical (unpaired) electrons. The van der Waals surface area contributed by atoms with E-state index in [1.807, 2.05) is 54.6 Å². The highest BCUT2D eigenvalue weighted by atomic mass is 16.3. The summed E-state index contributed by atoms with van der Waals surface area (Å²) >= 11 is 0. The second-order valence-corrected chi connectivity index (χ2v) is 6.80. The third-order valence-electron chi connectivity index (χ3n) is 4.63. The lowest BCUT2D eigenvalue weighted by Crippen LogP contribution is -2.31. The molecule has 0 aliphatic carbocycles. The van der Waals surface area contributed by atoms with Gasteiger partial charge in [-0.1, -0.05) is 61.4 Å². The zero-order chi connectivity index (χ0) is 19.1. The molecule has 140 valence electrons. The molecule has 0 saturated heterocycles. The van der Waals surface area contributed by atoms with Crippen molar-refractivity contribution in [3.63, 3.8) is 0 Å². The average molecular weight is 362 g/mol. The van der Waals surface area contributed by atoms with E-state index in [2.05, 4.69) is 24.1 Å². The van der Waals surface area contributed by atoms with Gasteiger partial charge < -0.3 is 9.73 Å². The number of carbonyl (C=O) groups excluding carboxylic acids is 1. The van der Waals surface area contributed by atoms with Crippen molar-refractivity contribution >= 4 is 5.91 Å². The van der Waals surface area contributed by atoms with Crippen LogP contribution in [0.3, 0.4) is 0 Å². The second kappa shape index (κ2) is 9.17. The maximum Gasteiger partial charge on any atom is 0.227 e. The van der Waals surface area contributed by atoms with Gasteiger partial charge in [-0.15, -0.1) is 0 Å². The summed E-state index contributed by atoms with van der Waals surface area (Å²) in [5.41, 5.74) is 4.08. The molecular formula is C23H26N2O2. The molecule has 4 nitrogen and oxygen atoms in total. The van der Waals surface area contributed by atoms with Crippen molar-refractivity contribution in [2.24, 2.45) is 0 Å². The molecule has 1 aromatic heterocycles. The summed E-state index contributed by atoms with van der Waals surface area (Å²) in [6.45, 7) is 4.70. The molecule has 3 rings (SSSR count). The van der Waals surface area contributed by atoms with Crippen molar-refractivity contribution in [3.8, 4) is 11.5 Å². The highest BCUT2D eigenvalue weighted by Crippen LogP contribution is 2.22. The number of benzene rings is 2. The fraction of sp³-hybridized carbons (Fsp3) is 0.304. The van der Waals surface area contributed by atoms with Crippen LogP contribution >= 0.6 is 0 Å². The van der Waals surface area contributed by atoms with E-state index >= 15 is 0 Å². The van der Waals surface area contributed by atoms with Crippen molar-refractivity contribution in [2.45, 2.75) is 39.0 Å². The second-order valence-electron chi connectivity index (χ2n) is 6.80. The Kier molecular flexibility index (Phi) is 6.42. The third kappa shape index (κ3) is 5.07. The number of oxazole rings is 1. The van der Waals surface area contributed by atoms with Crippen LogP contribution in [0.5, 0.6) is 0 Å². The molecule has 2 aromatic carbocycles. The van der Waals surface area contributed by atoms with E-state index in [1.54, 1.807) is 6.26 Å². The molecular weight excluding hydrogens is 336 g/mol. The van der Waals surface area contributed by atoms with Gasteiger partial charge in [0.05, 0.1) is 11.6 Å². The topological polar surface area (TPSA) is 55.1 Å². The van der Waals surface area contributed by atoms with Crippen LogP contribution in [0, 0.1) is 6.92 Å². The van der Waals surface area contributed by atoms with Crippen molar-refractivity contribution in [1.82, 2.24) is 10.3 Å². The van der Waals surface area contributed by atoms with Gasteiger partial charge in [0.25, 0.3) is 0 Å². The van der Waals surface area contributed by atoms with Crippen molar-refractivity contribution in [3.05, 3.63) is 77.7 Å². The Bertz CT molecular complexity index is 854. The summed E-state index contributed by atoms with van der Waals surface area (Å²) in [7, 11) is 0. The zero-order valence-corrected chi connectivity index (χ0v) is 15.9. The minimum atomic E-state index is -0.100. The maximum absolute atomic E-state index is 12.6. The smallest absolute Gasteiger partial charge is 0.227 e. The summed E-state index contributed by atoms with van der Waals surface area (Å²) in [6.07, 6.45) is 4.13. The van der Waals surface area contributed by atoms with E-state index in [0.29, 0.717) is 18.9 Å². The third-order valence-corrected chi connectivity index (χ3v) is 4.63. The normalized spacial score (nSPS) is 11.9. The van der Waals surface area contributed by atoms with Gasteiger partial charge in [-0.05, 0) is 31.0 Å². The van der Waals surface area contributed by atoms with Crippen LogP contribution in [0.25, 0.3) is 11.5 Å². The molecule has 1 N–H and O–H groups in total. The Morgan fingerprint density at radius 2 is 1.85 bits per heavy atom. The molecule has 4 heteroatoms. The van der Waals surface area contributed by atoms with Crippen molar-refractivity contribution < 1.29 is 9.21 Å². The lowest BCUT2D eigenvalue weighted by molar-refractivity contribution is -0.122. The Morgan fingerprint density at radius 1 is 1.11 bits per heavy atom. The van der Waals surface area contributed by atoms with E-state index in [-0.39, 0.29) is 11.8 Å². The van der Waals surface area contributed by atoms with Crippen LogP contribution in [-0.4, -0.2) is 17.4 Å². The first-order valence-electron chi connectivity index (χ1n) is 9.51. The quantitative estimate of drug-likeness (QED) is 0.620. The van der Waals surface area contributed by atoms with Gasteiger partial charge in [0.2, 0.25) is 11.8 Å². The fourth-order valence-corrected chi connectivity index (χ4v) is 3.11. The summed E-state index contributed by atoms with van der Waals surface area (Å²) in [5.74, 6) is 0.589. The molecule has 0 aliphatic heterocycles. The van der Waals surface area contributed by atoms with Gasteiger partial charge in [0.1, 0.15) is 6.26 Å². The molecule has 27 heavy (non-hydrogen) atoms. The molecule has 0 saturated carbocycles. The molecule has 0 fully saturated rings. The first-order valence-corrected chi connectivity index (χ1v) is 9.51. The Morgan fingerprint density at radius 3 is 2.56 bits per heavy atom. The van der Waals surface area contributed by atoms with Gasteiger partial charge in [0.15, 0.2) is 0 Å². The largest absolute Gasteiger partial charge is 0.444 e. The Hall–Kier alpha value is -2.88. The maximum atomic E-state index is 12.6. The summed E-state index contributed by atoms with van der Waals surface area (Å²) in [5, 5.41) is 3.05. The van der Waals surface area contributed by atoms with E-state index in [4.69, 9.17) is 4.42 Å². The lowest BCUT2D eigenvalue weighted by atomic mass is 9.93. The van der Waals surface area contributed by atoms with Crippen LogP contribution in [0.1, 0.15) is 42.5 Å². The number of aryl methyl sites for hydroxylation is 1. The number of aromatic nitrogens is 1. The van der Waals surface area contributed by atoms with Gasteiger partial charge in [-0.3, -0.25) is 4.79 Å². The van der Waals surface area contributed by atoms with Crippen molar-refractivity contribution in [2.75, 3.05) is 6.54 Å². The van der Waals surface area contributed by atoms with Gasteiger partial charge >= 0.3 is 0 Å². The number of amides is 1. The number of nitrogens with zero attached hydrogens (tertiary/aromatic N) is 1. The lowest BCUT2D eigenvalue weighted by Gasteiger charge is -2.16. The molecule has 0 aliphatic rings. The summed E-state index contributed by atoms with van der Waals surface area (Å²) in [4.78, 5) is 17.2. The predicted molar refractivity (Wildman–Crippen MR) is 107 cm³/mol. The highest BCUT2D eigenvalue weighted by Gasteiger charge is 2.19. The van der Waals surface area contributed by atoms with Crippen LogP contribution in [0.4, 0.5) is 0 Å². The van der Waals surface area contributed by atoms with Crippen LogP contribution in [0.15, 0.2) is 65.3 Å². The molecule has 0 spiro atoms. The van der Waals surface area contributed by atoms with Gasteiger partial charge in [-0.2, -0.15) is 0 Å². The molecule has 1 unspecified atom stereocenters. The summed E-state index contributed by atoms with van der Waals surface area (Å²) in [6, 6.07) is 18.1. The number of carbonyl (C=O) groups is 1. The fourth-order valence-electron chi connectivity index (χ4n) is 3.11. The van der Waals surface area contributed by atoms with Gasteiger partial charge in [0, 0.05) is 18.5 Å². The number of nitrogens with one attached hydrogen (secondary N) is 1. The van der Waals surface area contributed by atoms with E-state index in [0.717, 1.165) is 29.7 Å².